The predicted octanol–water partition coefficient (Wildman–Crippen LogP) is 1.66. The molecule has 0 unspecified atom stereocenters. The Labute approximate surface area is 80.9 Å². The Kier molecular flexibility index (Phi) is 1.70. The van der Waals surface area contributed by atoms with E-state index in [1.54, 1.807) is 6.07 Å². The molecule has 14 heavy (non-hydrogen) atoms. The minimum Gasteiger partial charge on any atom is -0.488 e. The van der Waals surface area contributed by atoms with Crippen molar-refractivity contribution in [3.05, 3.63) is 27.9 Å². The lowest BCUT2D eigenvalue weighted by atomic mass is 9.91. The lowest BCUT2D eigenvalue weighted by Gasteiger charge is -2.09. The summed E-state index contributed by atoms with van der Waals surface area (Å²) in [7, 11) is 0. The fourth-order valence-corrected chi connectivity index (χ4v) is 1.47. The lowest BCUT2D eigenvalue weighted by Crippen LogP contribution is -2.19. The molecular formula is C9H10N2O3. The summed E-state index contributed by atoms with van der Waals surface area (Å²) < 4.78 is 5.36. The number of aromatic nitrogens is 1. The molecule has 0 atom stereocenters. The number of nitro groups is 1. The molecule has 0 aliphatic carbocycles. The molecular weight excluding hydrogens is 184 g/mol. The molecule has 1 aromatic heterocycles. The summed E-state index contributed by atoms with van der Waals surface area (Å²) in [5, 5.41) is 10.5. The number of nitrogens with zero attached hydrogens (tertiary/aromatic N) is 2. The van der Waals surface area contributed by atoms with Crippen LogP contribution >= 0.6 is 0 Å². The van der Waals surface area contributed by atoms with Gasteiger partial charge in [0.05, 0.1) is 5.41 Å². The Bertz CT molecular complexity index is 401. The van der Waals surface area contributed by atoms with Crippen LogP contribution in [0.3, 0.4) is 0 Å². The highest BCUT2D eigenvalue weighted by Gasteiger charge is 2.38. The molecule has 0 radical (unpaired) electrons. The molecule has 0 aromatic carbocycles. The predicted molar refractivity (Wildman–Crippen MR) is 49.4 cm³/mol. The molecule has 0 fully saturated rings. The number of fused-ring (bicyclic) bond motifs is 1. The quantitative estimate of drug-likeness (QED) is 0.503. The number of hydrogen-bond donors (Lipinski definition) is 0. The Morgan fingerprint density at radius 2 is 2.29 bits per heavy atom. The first-order valence-electron chi connectivity index (χ1n) is 4.29. The van der Waals surface area contributed by atoms with Crippen molar-refractivity contribution in [2.45, 2.75) is 19.3 Å². The van der Waals surface area contributed by atoms with Crippen LogP contribution in [-0.4, -0.2) is 16.5 Å². The van der Waals surface area contributed by atoms with Gasteiger partial charge in [0.1, 0.15) is 6.61 Å². The maximum absolute atomic E-state index is 10.5. The molecule has 0 saturated heterocycles. The first kappa shape index (κ1) is 8.93. The zero-order valence-electron chi connectivity index (χ0n) is 7.98. The second-order valence-corrected chi connectivity index (χ2v) is 3.95. The van der Waals surface area contributed by atoms with Crippen LogP contribution in [0.2, 0.25) is 0 Å². The van der Waals surface area contributed by atoms with Gasteiger partial charge in [0.2, 0.25) is 5.69 Å². The Hall–Kier alpha value is -1.65. The Morgan fingerprint density at radius 3 is 2.93 bits per heavy atom. The average molecular weight is 194 g/mol. The van der Waals surface area contributed by atoms with Crippen molar-refractivity contribution in [2.24, 2.45) is 0 Å². The summed E-state index contributed by atoms with van der Waals surface area (Å²) in [6.07, 6.45) is 0. The molecule has 1 aromatic rings. The summed E-state index contributed by atoms with van der Waals surface area (Å²) in [4.78, 5) is 14.0. The maximum atomic E-state index is 10.5. The van der Waals surface area contributed by atoms with Crippen molar-refractivity contribution in [1.82, 2.24) is 4.98 Å². The highest BCUT2D eigenvalue weighted by Crippen LogP contribution is 2.37. The lowest BCUT2D eigenvalue weighted by molar-refractivity contribution is -0.389. The van der Waals surface area contributed by atoms with Gasteiger partial charge < -0.3 is 14.9 Å². The van der Waals surface area contributed by atoms with Gasteiger partial charge in [-0.2, -0.15) is 0 Å². The molecule has 0 amide bonds. The van der Waals surface area contributed by atoms with E-state index in [9.17, 15) is 10.1 Å². The van der Waals surface area contributed by atoms with E-state index in [2.05, 4.69) is 4.98 Å². The molecule has 2 heterocycles. The molecule has 74 valence electrons. The summed E-state index contributed by atoms with van der Waals surface area (Å²) >= 11 is 0. The maximum Gasteiger partial charge on any atom is 0.363 e. The van der Waals surface area contributed by atoms with Gasteiger partial charge in [-0.1, -0.05) is 0 Å². The summed E-state index contributed by atoms with van der Waals surface area (Å²) in [5.74, 6) is 0.530. The van der Waals surface area contributed by atoms with Gasteiger partial charge in [-0.05, 0) is 29.8 Å². The van der Waals surface area contributed by atoms with Crippen LogP contribution in [0.4, 0.5) is 5.82 Å². The Morgan fingerprint density at radius 1 is 1.57 bits per heavy atom. The smallest absolute Gasteiger partial charge is 0.363 e. The van der Waals surface area contributed by atoms with Gasteiger partial charge in [-0.3, -0.25) is 0 Å². The minimum absolute atomic E-state index is 0.123. The molecule has 0 N–H and O–H groups in total. The molecule has 1 aliphatic rings. The fraction of sp³-hybridized carbons (Fsp3) is 0.444. The normalized spacial score (nSPS) is 17.3. The third-order valence-electron chi connectivity index (χ3n) is 2.26. The number of rotatable bonds is 1. The van der Waals surface area contributed by atoms with Crippen molar-refractivity contribution < 1.29 is 9.66 Å². The SMILES string of the molecule is CC1(C)COc2ccc([N+](=O)[O-])nc21. The fourth-order valence-electron chi connectivity index (χ4n) is 1.47. The monoisotopic (exact) mass is 194 g/mol. The third-order valence-corrected chi connectivity index (χ3v) is 2.26. The van der Waals surface area contributed by atoms with Crippen molar-refractivity contribution in [3.8, 4) is 5.75 Å². The van der Waals surface area contributed by atoms with E-state index in [0.717, 1.165) is 0 Å². The van der Waals surface area contributed by atoms with Crippen LogP contribution in [0.15, 0.2) is 12.1 Å². The van der Waals surface area contributed by atoms with Gasteiger partial charge in [0.15, 0.2) is 5.75 Å². The van der Waals surface area contributed by atoms with E-state index in [0.29, 0.717) is 18.1 Å². The van der Waals surface area contributed by atoms with Crippen molar-refractivity contribution in [3.63, 3.8) is 0 Å². The van der Waals surface area contributed by atoms with Gasteiger partial charge in [-0.25, -0.2) is 0 Å². The van der Waals surface area contributed by atoms with E-state index in [1.165, 1.54) is 6.07 Å². The molecule has 0 saturated carbocycles. The summed E-state index contributed by atoms with van der Waals surface area (Å²) in [6.45, 7) is 4.43. The summed E-state index contributed by atoms with van der Waals surface area (Å²) in [6, 6.07) is 2.97. The second kappa shape index (κ2) is 2.67. The molecule has 0 bridgehead atoms. The minimum atomic E-state index is -0.491. The van der Waals surface area contributed by atoms with Crippen molar-refractivity contribution in [1.29, 1.82) is 0 Å². The van der Waals surface area contributed by atoms with Crippen LogP contribution in [0.1, 0.15) is 19.5 Å². The van der Waals surface area contributed by atoms with Gasteiger partial charge >= 0.3 is 5.82 Å². The van der Waals surface area contributed by atoms with Crippen LogP contribution in [0.5, 0.6) is 5.75 Å². The number of ether oxygens (including phenoxy) is 1. The zero-order chi connectivity index (χ0) is 10.3. The van der Waals surface area contributed by atoms with Crippen molar-refractivity contribution in [2.75, 3.05) is 6.61 Å². The van der Waals surface area contributed by atoms with E-state index in [1.807, 2.05) is 13.8 Å². The highest BCUT2D eigenvalue weighted by atomic mass is 16.6. The largest absolute Gasteiger partial charge is 0.488 e. The van der Waals surface area contributed by atoms with E-state index in [4.69, 9.17) is 4.74 Å². The van der Waals surface area contributed by atoms with E-state index in [-0.39, 0.29) is 11.2 Å². The highest BCUT2D eigenvalue weighted by molar-refractivity contribution is 5.41. The Balaban J connectivity index is 2.53. The molecule has 2 rings (SSSR count). The van der Waals surface area contributed by atoms with Crippen LogP contribution in [0.25, 0.3) is 0 Å². The van der Waals surface area contributed by atoms with Gasteiger partial charge in [0.25, 0.3) is 0 Å². The second-order valence-electron chi connectivity index (χ2n) is 3.95. The number of hydrogen-bond acceptors (Lipinski definition) is 4. The first-order valence-corrected chi connectivity index (χ1v) is 4.29. The van der Waals surface area contributed by atoms with Crippen LogP contribution in [-0.2, 0) is 5.41 Å². The number of pyridine rings is 1. The van der Waals surface area contributed by atoms with Crippen LogP contribution in [0, 0.1) is 10.1 Å². The zero-order valence-corrected chi connectivity index (χ0v) is 7.98. The third kappa shape index (κ3) is 1.21. The molecule has 0 spiro atoms. The van der Waals surface area contributed by atoms with E-state index >= 15 is 0 Å². The standard InChI is InChI=1S/C9H10N2O3/c1-9(2)5-14-6-3-4-7(11(12)13)10-8(6)9/h3-4H,5H2,1-2H3. The van der Waals surface area contributed by atoms with Crippen molar-refractivity contribution >= 4 is 5.82 Å². The topological polar surface area (TPSA) is 65.3 Å². The first-order chi connectivity index (χ1) is 6.50. The van der Waals surface area contributed by atoms with E-state index < -0.39 is 4.92 Å². The van der Waals surface area contributed by atoms with Gasteiger partial charge in [0, 0.05) is 6.07 Å². The molecule has 5 heteroatoms. The molecule has 1 aliphatic heterocycles. The summed E-state index contributed by atoms with van der Waals surface area (Å²) in [5.41, 5.74) is 0.438. The van der Waals surface area contributed by atoms with Gasteiger partial charge in [-0.15, -0.1) is 0 Å². The van der Waals surface area contributed by atoms with Crippen LogP contribution < -0.4 is 4.74 Å². The average Bonchev–Trinajstić information content (AvgIpc) is 2.42. The molecule has 5 nitrogen and oxygen atoms in total.